The minimum atomic E-state index is -0.460. The normalized spacial score (nSPS) is 10.3. The first-order chi connectivity index (χ1) is 10.5. The smallest absolute Gasteiger partial charge is 0.395 e. The molecule has 23 heavy (non-hydrogen) atoms. The van der Waals surface area contributed by atoms with E-state index in [1.54, 1.807) is 6.07 Å². The van der Waals surface area contributed by atoms with E-state index < -0.39 is 8.69 Å². The predicted octanol–water partition coefficient (Wildman–Crippen LogP) is 4.17. The molecule has 0 fully saturated rings. The Morgan fingerprint density at radius 3 is 2.22 bits per heavy atom. The van der Waals surface area contributed by atoms with Crippen LogP contribution in [-0.2, 0) is 11.0 Å². The Bertz CT molecular complexity index is 715. The molecule has 122 valence electrons. The molecule has 0 amide bonds. The standard InChI is InChI=1S/C18H19O3P.H2O/c1-5-14-7-6-8-15(21-22-20)17(14)18(19)16-12(3)9-11(2)10-13(16)4;/h6-10H,5H2,1-4H3;1H2. The summed E-state index contributed by atoms with van der Waals surface area (Å²) in [5.74, 6) is 0.284. The van der Waals surface area contributed by atoms with E-state index >= 15 is 0 Å². The Hall–Kier alpha value is -2.03. The molecule has 0 radical (unpaired) electrons. The fourth-order valence-electron chi connectivity index (χ4n) is 2.91. The maximum absolute atomic E-state index is 13.1. The number of rotatable bonds is 5. The van der Waals surface area contributed by atoms with E-state index in [1.165, 1.54) is 0 Å². The van der Waals surface area contributed by atoms with Gasteiger partial charge < -0.3 is 10.00 Å². The van der Waals surface area contributed by atoms with E-state index in [2.05, 4.69) is 0 Å². The summed E-state index contributed by atoms with van der Waals surface area (Å²) in [5, 5.41) is 0. The Labute approximate surface area is 138 Å². The van der Waals surface area contributed by atoms with Gasteiger partial charge >= 0.3 is 8.69 Å². The zero-order valence-electron chi connectivity index (χ0n) is 13.8. The van der Waals surface area contributed by atoms with Crippen molar-refractivity contribution in [2.75, 3.05) is 0 Å². The summed E-state index contributed by atoms with van der Waals surface area (Å²) in [7, 11) is -0.460. The lowest BCUT2D eigenvalue weighted by Crippen LogP contribution is -2.10. The zero-order chi connectivity index (χ0) is 16.3. The SMILES string of the molecule is CCc1cccc(OP=O)c1C(=O)c1c(C)cc(C)cc1C.O. The van der Waals surface area contributed by atoms with Crippen LogP contribution in [0.3, 0.4) is 0 Å². The van der Waals surface area contributed by atoms with Crippen molar-refractivity contribution in [3.63, 3.8) is 0 Å². The van der Waals surface area contributed by atoms with Gasteiger partial charge in [-0.25, -0.2) is 4.57 Å². The third-order valence-corrected chi connectivity index (χ3v) is 4.03. The Morgan fingerprint density at radius 1 is 1.09 bits per heavy atom. The van der Waals surface area contributed by atoms with Crippen molar-refractivity contribution in [2.24, 2.45) is 0 Å². The highest BCUT2D eigenvalue weighted by atomic mass is 31.1. The molecule has 4 nitrogen and oxygen atoms in total. The number of aryl methyl sites for hydroxylation is 4. The summed E-state index contributed by atoms with van der Waals surface area (Å²) < 4.78 is 15.9. The van der Waals surface area contributed by atoms with Crippen LogP contribution >= 0.6 is 8.69 Å². The minimum absolute atomic E-state index is 0. The lowest BCUT2D eigenvalue weighted by molar-refractivity contribution is 0.103. The van der Waals surface area contributed by atoms with Crippen LogP contribution in [0.1, 0.15) is 45.1 Å². The Morgan fingerprint density at radius 2 is 1.70 bits per heavy atom. The number of benzene rings is 2. The van der Waals surface area contributed by atoms with Gasteiger partial charge in [0.05, 0.1) is 5.56 Å². The van der Waals surface area contributed by atoms with E-state index in [1.807, 2.05) is 52.0 Å². The van der Waals surface area contributed by atoms with E-state index in [-0.39, 0.29) is 11.3 Å². The molecule has 2 N–H and O–H groups in total. The molecule has 2 aromatic carbocycles. The van der Waals surface area contributed by atoms with Crippen LogP contribution in [0.25, 0.3) is 0 Å². The van der Waals surface area contributed by atoms with Gasteiger partial charge in [-0.1, -0.05) is 36.8 Å². The van der Waals surface area contributed by atoms with E-state index in [0.717, 1.165) is 22.3 Å². The van der Waals surface area contributed by atoms with Crippen molar-refractivity contribution in [3.05, 3.63) is 63.7 Å². The highest BCUT2D eigenvalue weighted by Gasteiger charge is 2.22. The third-order valence-electron chi connectivity index (χ3n) is 3.76. The predicted molar refractivity (Wildman–Crippen MR) is 91.8 cm³/mol. The largest absolute Gasteiger partial charge is 0.412 e. The van der Waals surface area contributed by atoms with Gasteiger partial charge in [-0.05, 0) is 49.9 Å². The topological polar surface area (TPSA) is 74.9 Å². The average molecular weight is 332 g/mol. The molecule has 2 aromatic rings. The molecule has 5 heteroatoms. The second kappa shape index (κ2) is 8.00. The summed E-state index contributed by atoms with van der Waals surface area (Å²) >= 11 is 0. The monoisotopic (exact) mass is 332 g/mol. The number of ketones is 1. The Kier molecular flexibility index (Phi) is 6.62. The molecule has 0 aliphatic carbocycles. The van der Waals surface area contributed by atoms with E-state index in [4.69, 9.17) is 4.52 Å². The zero-order valence-corrected chi connectivity index (χ0v) is 14.7. The van der Waals surface area contributed by atoms with Crippen molar-refractivity contribution >= 4 is 14.5 Å². The molecule has 0 spiro atoms. The highest BCUT2D eigenvalue weighted by molar-refractivity contribution is 7.17. The van der Waals surface area contributed by atoms with Gasteiger partial charge in [0, 0.05) is 5.56 Å². The van der Waals surface area contributed by atoms with Gasteiger partial charge in [-0.2, -0.15) is 0 Å². The van der Waals surface area contributed by atoms with Crippen molar-refractivity contribution < 1.29 is 19.4 Å². The van der Waals surface area contributed by atoms with Crippen LogP contribution in [0.5, 0.6) is 5.75 Å². The quantitative estimate of drug-likeness (QED) is 0.609. The molecule has 0 heterocycles. The van der Waals surface area contributed by atoms with Crippen LogP contribution in [0.2, 0.25) is 0 Å². The van der Waals surface area contributed by atoms with Crippen LogP contribution in [0, 0.1) is 20.8 Å². The van der Waals surface area contributed by atoms with Gasteiger partial charge in [0.25, 0.3) is 0 Å². The van der Waals surface area contributed by atoms with Crippen molar-refractivity contribution in [2.45, 2.75) is 34.1 Å². The van der Waals surface area contributed by atoms with Gasteiger partial charge in [-0.3, -0.25) is 4.79 Å². The Balaban J connectivity index is 0.00000264. The van der Waals surface area contributed by atoms with E-state index in [9.17, 15) is 9.36 Å². The summed E-state index contributed by atoms with van der Waals surface area (Å²) in [6.45, 7) is 7.88. The lowest BCUT2D eigenvalue weighted by Gasteiger charge is -2.15. The number of hydrogen-bond acceptors (Lipinski definition) is 3. The highest BCUT2D eigenvalue weighted by Crippen LogP contribution is 2.30. The van der Waals surface area contributed by atoms with E-state index in [0.29, 0.717) is 23.3 Å². The van der Waals surface area contributed by atoms with Crippen molar-refractivity contribution in [1.82, 2.24) is 0 Å². The van der Waals surface area contributed by atoms with Crippen LogP contribution in [0.15, 0.2) is 30.3 Å². The number of carbonyl (C=O) groups is 1. The maximum atomic E-state index is 13.1. The molecule has 0 aliphatic heterocycles. The number of carbonyl (C=O) groups excluding carboxylic acids is 1. The fourth-order valence-corrected chi connectivity index (χ4v) is 3.14. The molecular weight excluding hydrogens is 311 g/mol. The lowest BCUT2D eigenvalue weighted by atomic mass is 9.90. The maximum Gasteiger partial charge on any atom is 0.395 e. The summed E-state index contributed by atoms with van der Waals surface area (Å²) in [4.78, 5) is 13.1. The van der Waals surface area contributed by atoms with Crippen molar-refractivity contribution in [1.29, 1.82) is 0 Å². The molecule has 0 aliphatic rings. The van der Waals surface area contributed by atoms with Gasteiger partial charge in [0.15, 0.2) is 5.78 Å². The molecule has 0 unspecified atom stereocenters. The molecule has 0 saturated heterocycles. The minimum Gasteiger partial charge on any atom is -0.412 e. The molecule has 0 bridgehead atoms. The summed E-state index contributed by atoms with van der Waals surface area (Å²) in [5.41, 5.74) is 5.11. The third kappa shape index (κ3) is 3.84. The second-order valence-corrected chi connectivity index (χ2v) is 5.74. The van der Waals surface area contributed by atoms with Gasteiger partial charge in [0.2, 0.25) is 0 Å². The van der Waals surface area contributed by atoms with Gasteiger partial charge in [-0.15, -0.1) is 0 Å². The van der Waals surface area contributed by atoms with Crippen molar-refractivity contribution in [3.8, 4) is 5.75 Å². The first-order valence-electron chi connectivity index (χ1n) is 7.23. The van der Waals surface area contributed by atoms with Crippen LogP contribution in [-0.4, -0.2) is 11.3 Å². The van der Waals surface area contributed by atoms with Crippen LogP contribution in [0.4, 0.5) is 0 Å². The summed E-state index contributed by atoms with van der Waals surface area (Å²) in [6.07, 6.45) is 0.706. The van der Waals surface area contributed by atoms with Crippen LogP contribution < -0.4 is 4.52 Å². The first-order valence-corrected chi connectivity index (χ1v) is 7.96. The molecule has 0 aromatic heterocycles. The first kappa shape index (κ1) is 19.0. The van der Waals surface area contributed by atoms with Gasteiger partial charge in [0.1, 0.15) is 5.75 Å². The molecule has 2 rings (SSSR count). The molecule has 0 atom stereocenters. The number of hydrogen-bond donors (Lipinski definition) is 0. The fraction of sp³-hybridized carbons (Fsp3) is 0.278. The molecule has 0 saturated carbocycles. The summed E-state index contributed by atoms with van der Waals surface area (Å²) in [6, 6.07) is 9.39. The molecular formula is C18H21O4P. The average Bonchev–Trinajstić information content (AvgIpc) is 2.46. The second-order valence-electron chi connectivity index (χ2n) is 5.41.